The lowest BCUT2D eigenvalue weighted by atomic mass is 10.8. The first-order valence-electron chi connectivity index (χ1n) is 1.96. The Bertz CT molecular complexity index is 238. The van der Waals surface area contributed by atoms with Crippen molar-refractivity contribution in [2.75, 3.05) is 0 Å². The lowest BCUT2D eigenvalue weighted by Crippen LogP contribution is -2.04. The molecule has 0 saturated heterocycles. The van der Waals surface area contributed by atoms with E-state index in [2.05, 4.69) is 22.5 Å². The Labute approximate surface area is 50.6 Å². The number of rotatable bonds is 0. The highest BCUT2D eigenvalue weighted by Gasteiger charge is 1.97. The molecule has 0 bridgehead atoms. The molecule has 8 heavy (non-hydrogen) atoms. The van der Waals surface area contributed by atoms with Crippen LogP contribution < -0.4 is 5.76 Å². The van der Waals surface area contributed by atoms with Gasteiger partial charge >= 0.3 is 5.76 Å². The lowest BCUT2D eigenvalue weighted by Gasteiger charge is -1.79. The van der Waals surface area contributed by atoms with Crippen molar-refractivity contribution in [3.05, 3.63) is 16.4 Å². The summed E-state index contributed by atoms with van der Waals surface area (Å²) in [5.41, 5.74) is 0. The number of aromatic nitrogens is 2. The molecule has 0 atom stereocenters. The molecule has 0 radical (unpaired) electrons. The average molecular weight is 132 g/mol. The second kappa shape index (κ2) is 1.66. The lowest BCUT2D eigenvalue weighted by molar-refractivity contribution is 0.382. The van der Waals surface area contributed by atoms with Crippen molar-refractivity contribution < 1.29 is 4.52 Å². The van der Waals surface area contributed by atoms with Crippen LogP contribution in [-0.4, -0.2) is 9.13 Å². The van der Waals surface area contributed by atoms with Gasteiger partial charge in [0.05, 0.1) is 0 Å². The van der Waals surface area contributed by atoms with Gasteiger partial charge in [0.1, 0.15) is 0 Å². The molecular formula is C3H4N2O2S. The molecule has 0 unspecified atom stereocenters. The fourth-order valence-electron chi connectivity index (χ4n) is 0.315. The van der Waals surface area contributed by atoms with Crippen molar-refractivity contribution >= 4 is 12.8 Å². The largest absolute Gasteiger partial charge is 0.451 e. The summed E-state index contributed by atoms with van der Waals surface area (Å²) in [5, 5.41) is 3.31. The summed E-state index contributed by atoms with van der Waals surface area (Å²) in [6, 6.07) is 0. The monoisotopic (exact) mass is 132 g/mol. The molecule has 44 valence electrons. The third kappa shape index (κ3) is 0.645. The van der Waals surface area contributed by atoms with Gasteiger partial charge in [0.2, 0.25) is 0 Å². The summed E-state index contributed by atoms with van der Waals surface area (Å²) in [4.78, 5) is 10.3. The Morgan fingerprint density at radius 3 is 2.62 bits per heavy atom. The van der Waals surface area contributed by atoms with Crippen LogP contribution in [0.1, 0.15) is 5.82 Å². The van der Waals surface area contributed by atoms with Crippen LogP contribution in [0, 0.1) is 6.92 Å². The van der Waals surface area contributed by atoms with Gasteiger partial charge in [-0.2, -0.15) is 0 Å². The fraction of sp³-hybridized carbons (Fsp3) is 0.333. The van der Waals surface area contributed by atoms with Gasteiger partial charge < -0.3 is 0 Å². The fourth-order valence-corrected chi connectivity index (χ4v) is 0.388. The third-order valence-corrected chi connectivity index (χ3v) is 1.19. The van der Waals surface area contributed by atoms with Gasteiger partial charge in [-0.1, -0.05) is 18.0 Å². The smallest absolute Gasteiger partial charge is 0.295 e. The number of aryl methyl sites for hydroxylation is 1. The minimum absolute atomic E-state index is 0.457. The molecule has 0 aliphatic heterocycles. The second-order valence-corrected chi connectivity index (χ2v) is 1.71. The first kappa shape index (κ1) is 5.43. The van der Waals surface area contributed by atoms with E-state index in [0.29, 0.717) is 5.82 Å². The highest BCUT2D eigenvalue weighted by atomic mass is 32.1. The van der Waals surface area contributed by atoms with E-state index in [9.17, 15) is 4.79 Å². The number of hydrogen-bond donors (Lipinski definition) is 1. The maximum Gasteiger partial charge on any atom is 0.451 e. The zero-order valence-corrected chi connectivity index (χ0v) is 5.05. The molecule has 5 heteroatoms. The highest BCUT2D eigenvalue weighted by molar-refractivity contribution is 7.78. The minimum atomic E-state index is -0.550. The number of hydrogen-bond acceptors (Lipinski definition) is 4. The van der Waals surface area contributed by atoms with Crippen LogP contribution in [0.5, 0.6) is 0 Å². The van der Waals surface area contributed by atoms with Crippen LogP contribution in [0.25, 0.3) is 0 Å². The van der Waals surface area contributed by atoms with E-state index in [1.807, 2.05) is 0 Å². The van der Waals surface area contributed by atoms with Crippen LogP contribution in [-0.2, 0) is 0 Å². The normalized spacial score (nSPS) is 9.75. The van der Waals surface area contributed by atoms with Gasteiger partial charge in [0.15, 0.2) is 5.82 Å². The molecule has 4 nitrogen and oxygen atoms in total. The summed E-state index contributed by atoms with van der Waals surface area (Å²) in [5.74, 6) is -0.0934. The summed E-state index contributed by atoms with van der Waals surface area (Å²) in [6.45, 7) is 1.62. The molecule has 0 spiro atoms. The van der Waals surface area contributed by atoms with Crippen molar-refractivity contribution in [1.29, 1.82) is 0 Å². The maximum atomic E-state index is 10.3. The van der Waals surface area contributed by atoms with Crippen LogP contribution in [0.2, 0.25) is 0 Å². The van der Waals surface area contributed by atoms with Crippen molar-refractivity contribution in [1.82, 2.24) is 9.13 Å². The molecule has 0 N–H and O–H groups in total. The van der Waals surface area contributed by atoms with E-state index < -0.39 is 5.76 Å². The molecule has 1 aromatic rings. The molecule has 0 amide bonds. The van der Waals surface area contributed by atoms with E-state index in [1.54, 1.807) is 6.92 Å². The Hall–Kier alpha value is -0.710. The third-order valence-electron chi connectivity index (χ3n) is 0.735. The van der Waals surface area contributed by atoms with Crippen LogP contribution in [0.15, 0.2) is 9.32 Å². The predicted octanol–water partition coefficient (Wildman–Crippen LogP) is -0.162. The summed E-state index contributed by atoms with van der Waals surface area (Å²) in [7, 11) is 0. The molecule has 0 aliphatic rings. The number of thiol groups is 1. The Morgan fingerprint density at radius 2 is 2.50 bits per heavy atom. The standard InChI is InChI=1S/C3H4N2O2S/c1-2-4-7-3(6)5(2)8/h8H,1H3. The first-order valence-corrected chi connectivity index (χ1v) is 2.36. The topological polar surface area (TPSA) is 48.0 Å². The van der Waals surface area contributed by atoms with E-state index in [1.165, 1.54) is 0 Å². The summed E-state index contributed by atoms with van der Waals surface area (Å²) >= 11 is 3.71. The van der Waals surface area contributed by atoms with Crippen molar-refractivity contribution in [3.63, 3.8) is 0 Å². The Balaban J connectivity index is 3.41. The van der Waals surface area contributed by atoms with Gasteiger partial charge in [0.25, 0.3) is 0 Å². The molecule has 1 heterocycles. The first-order chi connectivity index (χ1) is 3.72. The van der Waals surface area contributed by atoms with E-state index in [-0.39, 0.29) is 0 Å². The predicted molar refractivity (Wildman–Crippen MR) is 29.9 cm³/mol. The van der Waals surface area contributed by atoms with Gasteiger partial charge in [-0.25, -0.2) is 8.77 Å². The Morgan fingerprint density at radius 1 is 1.88 bits per heavy atom. The highest BCUT2D eigenvalue weighted by Crippen LogP contribution is 1.87. The van der Waals surface area contributed by atoms with Gasteiger partial charge in [-0.15, -0.1) is 0 Å². The van der Waals surface area contributed by atoms with Crippen LogP contribution in [0.3, 0.4) is 0 Å². The van der Waals surface area contributed by atoms with Crippen molar-refractivity contribution in [2.45, 2.75) is 6.92 Å². The van der Waals surface area contributed by atoms with E-state index in [4.69, 9.17) is 0 Å². The molecule has 0 aromatic carbocycles. The van der Waals surface area contributed by atoms with Gasteiger partial charge in [-0.05, 0) is 6.92 Å². The molecule has 0 fully saturated rings. The van der Waals surface area contributed by atoms with Crippen molar-refractivity contribution in [2.24, 2.45) is 0 Å². The second-order valence-electron chi connectivity index (χ2n) is 1.31. The van der Waals surface area contributed by atoms with Crippen molar-refractivity contribution in [3.8, 4) is 0 Å². The van der Waals surface area contributed by atoms with Gasteiger partial charge in [-0.3, -0.25) is 4.52 Å². The molecule has 0 saturated carbocycles. The van der Waals surface area contributed by atoms with Crippen LogP contribution in [0.4, 0.5) is 0 Å². The summed E-state index contributed by atoms with van der Waals surface area (Å²) < 4.78 is 5.20. The zero-order valence-electron chi connectivity index (χ0n) is 4.16. The Kier molecular flexibility index (Phi) is 1.13. The van der Waals surface area contributed by atoms with E-state index in [0.717, 1.165) is 3.97 Å². The molecule has 1 rings (SSSR count). The molecule has 0 aliphatic carbocycles. The van der Waals surface area contributed by atoms with E-state index >= 15 is 0 Å². The van der Waals surface area contributed by atoms with Gasteiger partial charge in [0, 0.05) is 0 Å². The quantitative estimate of drug-likeness (QED) is 0.499. The number of nitrogens with zero attached hydrogens (tertiary/aromatic N) is 2. The molecular weight excluding hydrogens is 128 g/mol. The average Bonchev–Trinajstić information content (AvgIpc) is 1.98. The SMILES string of the molecule is Cc1noc(=O)n1S. The maximum absolute atomic E-state index is 10.3. The minimum Gasteiger partial charge on any atom is -0.295 e. The van der Waals surface area contributed by atoms with Crippen LogP contribution >= 0.6 is 12.8 Å². The summed E-state index contributed by atoms with van der Waals surface area (Å²) in [6.07, 6.45) is 0. The zero-order chi connectivity index (χ0) is 6.15. The molecule has 1 aromatic heterocycles.